The molecule has 1 aliphatic rings. The summed E-state index contributed by atoms with van der Waals surface area (Å²) in [6, 6.07) is 6.33. The summed E-state index contributed by atoms with van der Waals surface area (Å²) in [6.45, 7) is 4.21. The fraction of sp³-hybridized carbons (Fsp3) is 0.353. The monoisotopic (exact) mass is 293 g/mol. The van der Waals surface area contributed by atoms with Gasteiger partial charge >= 0.3 is 0 Å². The van der Waals surface area contributed by atoms with Crippen LogP contribution in [0.25, 0.3) is 22.4 Å². The van der Waals surface area contributed by atoms with Crippen molar-refractivity contribution in [1.82, 2.24) is 19.5 Å². The molecule has 2 aromatic heterocycles. The molecule has 3 heterocycles. The zero-order valence-electron chi connectivity index (χ0n) is 13.0. The molecule has 0 saturated carbocycles. The number of rotatable bonds is 2. The zero-order chi connectivity index (χ0) is 15.1. The van der Waals surface area contributed by atoms with Gasteiger partial charge < -0.3 is 9.47 Å². The highest BCUT2D eigenvalue weighted by Crippen LogP contribution is 2.24. The third-order valence-corrected chi connectivity index (χ3v) is 4.32. The molecule has 3 aromatic rings. The maximum atomic E-state index is 4.74. The van der Waals surface area contributed by atoms with Gasteiger partial charge in [-0.2, -0.15) is 0 Å². The van der Waals surface area contributed by atoms with Crippen LogP contribution in [-0.4, -0.2) is 32.6 Å². The van der Waals surface area contributed by atoms with Crippen LogP contribution in [0.1, 0.15) is 18.4 Å². The van der Waals surface area contributed by atoms with Crippen molar-refractivity contribution in [2.75, 3.05) is 18.0 Å². The van der Waals surface area contributed by atoms with Crippen molar-refractivity contribution in [2.45, 2.75) is 19.8 Å². The third kappa shape index (κ3) is 2.13. The van der Waals surface area contributed by atoms with Gasteiger partial charge in [-0.05, 0) is 37.5 Å². The van der Waals surface area contributed by atoms with Gasteiger partial charge in [0.05, 0.1) is 16.6 Å². The fourth-order valence-electron chi connectivity index (χ4n) is 3.09. The van der Waals surface area contributed by atoms with E-state index in [9.17, 15) is 0 Å². The Morgan fingerprint density at radius 1 is 1.05 bits per heavy atom. The predicted octanol–water partition coefficient (Wildman–Crippen LogP) is 2.94. The van der Waals surface area contributed by atoms with E-state index in [4.69, 9.17) is 4.98 Å². The Balaban J connectivity index is 1.73. The van der Waals surface area contributed by atoms with Crippen LogP contribution < -0.4 is 4.90 Å². The maximum absolute atomic E-state index is 4.74. The number of nitrogens with zero attached hydrogens (tertiary/aromatic N) is 5. The summed E-state index contributed by atoms with van der Waals surface area (Å²) in [4.78, 5) is 16.0. The first-order chi connectivity index (χ1) is 10.7. The largest absolute Gasteiger partial charge is 0.341 e. The summed E-state index contributed by atoms with van der Waals surface area (Å²) in [7, 11) is 2.04. The molecule has 1 aliphatic heterocycles. The Morgan fingerprint density at radius 3 is 2.50 bits per heavy atom. The van der Waals surface area contributed by atoms with Crippen LogP contribution in [0.5, 0.6) is 0 Å². The van der Waals surface area contributed by atoms with E-state index in [2.05, 4.69) is 44.6 Å². The average Bonchev–Trinajstić information content (AvgIpc) is 3.16. The van der Waals surface area contributed by atoms with Gasteiger partial charge in [0.15, 0.2) is 0 Å². The number of benzene rings is 1. The van der Waals surface area contributed by atoms with E-state index < -0.39 is 0 Å². The van der Waals surface area contributed by atoms with Crippen molar-refractivity contribution in [3.8, 4) is 11.4 Å². The summed E-state index contributed by atoms with van der Waals surface area (Å²) in [5, 5.41) is 0. The van der Waals surface area contributed by atoms with Crippen LogP contribution in [-0.2, 0) is 7.05 Å². The Kier molecular flexibility index (Phi) is 3.06. The van der Waals surface area contributed by atoms with E-state index >= 15 is 0 Å². The lowest BCUT2D eigenvalue weighted by molar-refractivity contribution is 0.894. The van der Waals surface area contributed by atoms with Gasteiger partial charge in [-0.15, -0.1) is 0 Å². The molecular weight excluding hydrogens is 274 g/mol. The molecule has 0 radical (unpaired) electrons. The summed E-state index contributed by atoms with van der Waals surface area (Å²) < 4.78 is 2.10. The second kappa shape index (κ2) is 5.09. The van der Waals surface area contributed by atoms with E-state index in [1.165, 1.54) is 18.4 Å². The second-order valence-electron chi connectivity index (χ2n) is 5.95. The van der Waals surface area contributed by atoms with Gasteiger partial charge in [-0.1, -0.05) is 6.07 Å². The first kappa shape index (κ1) is 13.2. The van der Waals surface area contributed by atoms with Gasteiger partial charge in [-0.25, -0.2) is 15.0 Å². The lowest BCUT2D eigenvalue weighted by Gasteiger charge is -2.14. The summed E-state index contributed by atoms with van der Waals surface area (Å²) in [6.07, 6.45) is 6.23. The summed E-state index contributed by atoms with van der Waals surface area (Å²) >= 11 is 0. The molecule has 5 nitrogen and oxygen atoms in total. The molecule has 0 amide bonds. The van der Waals surface area contributed by atoms with E-state index in [0.29, 0.717) is 0 Å². The number of hydrogen-bond donors (Lipinski definition) is 0. The third-order valence-electron chi connectivity index (χ3n) is 4.32. The molecule has 112 valence electrons. The maximum Gasteiger partial charge on any atom is 0.225 e. The summed E-state index contributed by atoms with van der Waals surface area (Å²) in [5.41, 5.74) is 4.32. The molecule has 5 heteroatoms. The Hall–Kier alpha value is -2.43. The van der Waals surface area contributed by atoms with E-state index in [1.54, 1.807) is 0 Å². The molecule has 4 rings (SSSR count). The molecule has 1 saturated heterocycles. The SMILES string of the molecule is Cc1ccc2c(c1)nc(-c1cnc(N3CCCC3)nc1)n2C. The molecule has 0 spiro atoms. The van der Waals surface area contributed by atoms with E-state index in [0.717, 1.165) is 41.5 Å². The fourth-order valence-corrected chi connectivity index (χ4v) is 3.09. The second-order valence-corrected chi connectivity index (χ2v) is 5.95. The minimum Gasteiger partial charge on any atom is -0.341 e. The zero-order valence-corrected chi connectivity index (χ0v) is 13.0. The quantitative estimate of drug-likeness (QED) is 0.729. The van der Waals surface area contributed by atoms with Crippen LogP contribution >= 0.6 is 0 Å². The molecular formula is C17H19N5. The molecule has 0 aliphatic carbocycles. The molecule has 0 atom stereocenters. The predicted molar refractivity (Wildman–Crippen MR) is 87.9 cm³/mol. The minimum absolute atomic E-state index is 0.829. The van der Waals surface area contributed by atoms with Crippen molar-refractivity contribution in [3.05, 3.63) is 36.2 Å². The standard InChI is InChI=1S/C17H19N5/c1-12-5-6-15-14(9-12)20-16(21(15)2)13-10-18-17(19-11-13)22-7-3-4-8-22/h5-6,9-11H,3-4,7-8H2,1-2H3. The van der Waals surface area contributed by atoms with Crippen LogP contribution in [0, 0.1) is 6.92 Å². The van der Waals surface area contributed by atoms with Crippen molar-refractivity contribution >= 4 is 17.0 Å². The molecule has 0 bridgehead atoms. The van der Waals surface area contributed by atoms with Crippen LogP contribution in [0.4, 0.5) is 5.95 Å². The van der Waals surface area contributed by atoms with Crippen molar-refractivity contribution < 1.29 is 0 Å². The highest BCUT2D eigenvalue weighted by Gasteiger charge is 2.16. The van der Waals surface area contributed by atoms with Crippen molar-refractivity contribution in [3.63, 3.8) is 0 Å². The average molecular weight is 293 g/mol. The topological polar surface area (TPSA) is 46.8 Å². The lowest BCUT2D eigenvalue weighted by Crippen LogP contribution is -2.20. The highest BCUT2D eigenvalue weighted by molar-refractivity contribution is 5.81. The first-order valence-electron chi connectivity index (χ1n) is 7.73. The van der Waals surface area contributed by atoms with Crippen LogP contribution in [0.3, 0.4) is 0 Å². The number of imidazole rings is 1. The molecule has 1 aromatic carbocycles. The van der Waals surface area contributed by atoms with Crippen molar-refractivity contribution in [1.29, 1.82) is 0 Å². The number of aromatic nitrogens is 4. The number of hydrogen-bond acceptors (Lipinski definition) is 4. The number of anilines is 1. The van der Waals surface area contributed by atoms with Crippen LogP contribution in [0.15, 0.2) is 30.6 Å². The van der Waals surface area contributed by atoms with Gasteiger partial charge in [0.25, 0.3) is 0 Å². The van der Waals surface area contributed by atoms with Crippen molar-refractivity contribution in [2.24, 2.45) is 7.05 Å². The van der Waals surface area contributed by atoms with Gasteiger partial charge in [0, 0.05) is 32.5 Å². The van der Waals surface area contributed by atoms with Crippen LogP contribution in [0.2, 0.25) is 0 Å². The molecule has 0 unspecified atom stereocenters. The van der Waals surface area contributed by atoms with E-state index in [-0.39, 0.29) is 0 Å². The van der Waals surface area contributed by atoms with Gasteiger partial charge in [0.1, 0.15) is 5.82 Å². The molecule has 22 heavy (non-hydrogen) atoms. The number of fused-ring (bicyclic) bond motifs is 1. The Labute approximate surface area is 129 Å². The Morgan fingerprint density at radius 2 is 1.77 bits per heavy atom. The number of aryl methyl sites for hydroxylation is 2. The van der Waals surface area contributed by atoms with Gasteiger partial charge in [0.2, 0.25) is 5.95 Å². The summed E-state index contributed by atoms with van der Waals surface area (Å²) in [5.74, 6) is 1.74. The van der Waals surface area contributed by atoms with Gasteiger partial charge in [-0.3, -0.25) is 0 Å². The highest BCUT2D eigenvalue weighted by atomic mass is 15.3. The lowest BCUT2D eigenvalue weighted by atomic mass is 10.2. The Bertz CT molecular complexity index is 813. The van der Waals surface area contributed by atoms with E-state index in [1.807, 2.05) is 19.4 Å². The molecule has 0 N–H and O–H groups in total. The molecule has 1 fully saturated rings. The smallest absolute Gasteiger partial charge is 0.225 e. The minimum atomic E-state index is 0.829. The first-order valence-corrected chi connectivity index (χ1v) is 7.73. The normalized spacial score (nSPS) is 14.9.